The summed E-state index contributed by atoms with van der Waals surface area (Å²) in [6, 6.07) is 10.8. The average Bonchev–Trinajstić information content (AvgIpc) is 2.63. The lowest BCUT2D eigenvalue weighted by molar-refractivity contribution is 0.637. The number of H-pyrrole nitrogens is 1. The molecule has 1 aromatic heterocycles. The van der Waals surface area contributed by atoms with Crippen LogP contribution in [0.2, 0.25) is 0 Å². The topological polar surface area (TPSA) is 15.8 Å². The summed E-state index contributed by atoms with van der Waals surface area (Å²) in [6.45, 7) is 0. The Bertz CT molecular complexity index is 657. The Morgan fingerprint density at radius 3 is 2.79 bits per heavy atom. The van der Waals surface area contributed by atoms with Crippen molar-refractivity contribution in [1.82, 2.24) is 4.98 Å². The van der Waals surface area contributed by atoms with E-state index in [1.807, 2.05) is 24.3 Å². The molecular weight excluding hydrogens is 177 g/mol. The Hall–Kier alpha value is -1.83. The van der Waals surface area contributed by atoms with Gasteiger partial charge in [-0.25, -0.2) is 4.39 Å². The highest BCUT2D eigenvalue weighted by atomic mass is 19.1. The van der Waals surface area contributed by atoms with E-state index >= 15 is 0 Å². The zero-order chi connectivity index (χ0) is 10.4. The van der Waals surface area contributed by atoms with Gasteiger partial charge in [-0.15, -0.1) is 0 Å². The lowest BCUT2D eigenvalue weighted by Gasteiger charge is -1.90. The number of benzene rings is 2. The standard InChI is InChI=1S/C12H8FN/c13-10-6-3-5-9-8-4-1-2-7-11(8)14-12(9)10/h1-7,14H/i6D. The summed E-state index contributed by atoms with van der Waals surface area (Å²) < 4.78 is 21.0. The van der Waals surface area contributed by atoms with Crippen molar-refractivity contribution in [3.8, 4) is 0 Å². The van der Waals surface area contributed by atoms with Gasteiger partial charge in [0.2, 0.25) is 0 Å². The van der Waals surface area contributed by atoms with Gasteiger partial charge in [-0.3, -0.25) is 0 Å². The molecule has 0 bridgehead atoms. The molecule has 14 heavy (non-hydrogen) atoms. The number of halogens is 1. The van der Waals surface area contributed by atoms with E-state index in [2.05, 4.69) is 4.98 Å². The largest absolute Gasteiger partial charge is 0.352 e. The summed E-state index contributed by atoms with van der Waals surface area (Å²) in [5.74, 6) is -0.483. The molecule has 0 spiro atoms. The molecule has 0 fully saturated rings. The molecule has 68 valence electrons. The van der Waals surface area contributed by atoms with E-state index in [-0.39, 0.29) is 6.04 Å². The van der Waals surface area contributed by atoms with E-state index < -0.39 is 5.82 Å². The van der Waals surface area contributed by atoms with Crippen molar-refractivity contribution < 1.29 is 5.76 Å². The normalized spacial score (nSPS) is 12.2. The van der Waals surface area contributed by atoms with Crippen LogP contribution in [-0.2, 0) is 0 Å². The number of para-hydroxylation sites is 2. The molecule has 1 N–H and O–H groups in total. The number of hydrogen-bond acceptors (Lipinski definition) is 0. The number of fused-ring (bicyclic) bond motifs is 3. The van der Waals surface area contributed by atoms with Crippen LogP contribution >= 0.6 is 0 Å². The van der Waals surface area contributed by atoms with E-state index in [1.54, 1.807) is 6.07 Å². The number of rotatable bonds is 0. The van der Waals surface area contributed by atoms with Crippen molar-refractivity contribution >= 4 is 21.8 Å². The minimum absolute atomic E-state index is 0.0749. The van der Waals surface area contributed by atoms with Gasteiger partial charge in [0, 0.05) is 16.3 Å². The van der Waals surface area contributed by atoms with Crippen LogP contribution < -0.4 is 0 Å². The van der Waals surface area contributed by atoms with E-state index in [0.717, 1.165) is 16.3 Å². The van der Waals surface area contributed by atoms with Gasteiger partial charge in [-0.2, -0.15) is 0 Å². The zero-order valence-corrected chi connectivity index (χ0v) is 7.34. The van der Waals surface area contributed by atoms with E-state index in [1.165, 1.54) is 6.07 Å². The first-order chi connectivity index (χ1) is 7.27. The van der Waals surface area contributed by atoms with Gasteiger partial charge in [0.25, 0.3) is 0 Å². The highest BCUT2D eigenvalue weighted by Crippen LogP contribution is 2.26. The predicted octanol–water partition coefficient (Wildman–Crippen LogP) is 3.46. The van der Waals surface area contributed by atoms with Gasteiger partial charge in [-0.1, -0.05) is 30.3 Å². The molecule has 0 saturated carbocycles. The lowest BCUT2D eigenvalue weighted by atomic mass is 10.1. The van der Waals surface area contributed by atoms with Gasteiger partial charge in [0.15, 0.2) is 0 Å². The molecule has 3 aromatic rings. The average molecular weight is 186 g/mol. The molecule has 0 atom stereocenters. The summed E-state index contributed by atoms with van der Waals surface area (Å²) in [5, 5.41) is 1.82. The molecule has 0 aliphatic carbocycles. The Morgan fingerprint density at radius 1 is 1.07 bits per heavy atom. The predicted molar refractivity (Wildman–Crippen MR) is 55.8 cm³/mol. The Labute approximate surface area is 81.6 Å². The van der Waals surface area contributed by atoms with Crippen molar-refractivity contribution in [3.05, 3.63) is 48.3 Å². The van der Waals surface area contributed by atoms with Gasteiger partial charge >= 0.3 is 0 Å². The van der Waals surface area contributed by atoms with Crippen LogP contribution in [0.3, 0.4) is 0 Å². The van der Waals surface area contributed by atoms with Crippen LogP contribution in [0.4, 0.5) is 4.39 Å². The first-order valence-corrected chi connectivity index (χ1v) is 4.43. The van der Waals surface area contributed by atoms with Crippen LogP contribution in [0, 0.1) is 5.82 Å². The molecule has 1 heterocycles. The molecule has 0 aliphatic heterocycles. The van der Waals surface area contributed by atoms with Crippen LogP contribution in [-0.4, -0.2) is 4.98 Å². The van der Waals surface area contributed by atoms with Crippen LogP contribution in [0.5, 0.6) is 0 Å². The highest BCUT2D eigenvalue weighted by Gasteiger charge is 2.05. The smallest absolute Gasteiger partial charge is 0.147 e. The van der Waals surface area contributed by atoms with Crippen molar-refractivity contribution in [2.75, 3.05) is 0 Å². The number of aromatic nitrogens is 1. The minimum atomic E-state index is -0.483. The number of aromatic amines is 1. The fourth-order valence-corrected chi connectivity index (χ4v) is 1.78. The molecular formula is C12H8FN. The van der Waals surface area contributed by atoms with Gasteiger partial charge in [0.05, 0.1) is 6.89 Å². The Morgan fingerprint density at radius 2 is 1.86 bits per heavy atom. The molecule has 0 amide bonds. The van der Waals surface area contributed by atoms with Crippen molar-refractivity contribution in [1.29, 1.82) is 0 Å². The second kappa shape index (κ2) is 2.58. The Balaban J connectivity index is 2.60. The molecule has 0 saturated heterocycles. The van der Waals surface area contributed by atoms with E-state index in [9.17, 15) is 4.39 Å². The molecule has 3 rings (SSSR count). The van der Waals surface area contributed by atoms with Crippen molar-refractivity contribution in [2.24, 2.45) is 0 Å². The van der Waals surface area contributed by atoms with Gasteiger partial charge in [-0.05, 0) is 12.1 Å². The second-order valence-corrected chi connectivity index (χ2v) is 3.25. The number of hydrogen-bond donors (Lipinski definition) is 1. The molecule has 0 unspecified atom stereocenters. The third-order valence-corrected chi connectivity index (χ3v) is 2.43. The van der Waals surface area contributed by atoms with Gasteiger partial charge < -0.3 is 4.98 Å². The monoisotopic (exact) mass is 186 g/mol. The summed E-state index contributed by atoms with van der Waals surface area (Å²) in [4.78, 5) is 2.99. The maximum absolute atomic E-state index is 13.6. The summed E-state index contributed by atoms with van der Waals surface area (Å²) in [6.07, 6.45) is 0. The van der Waals surface area contributed by atoms with E-state index in [4.69, 9.17) is 1.37 Å². The van der Waals surface area contributed by atoms with Crippen LogP contribution in [0.15, 0.2) is 42.4 Å². The minimum Gasteiger partial charge on any atom is -0.352 e. The first-order valence-electron chi connectivity index (χ1n) is 4.93. The van der Waals surface area contributed by atoms with Crippen molar-refractivity contribution in [2.45, 2.75) is 0 Å². The maximum Gasteiger partial charge on any atom is 0.147 e. The van der Waals surface area contributed by atoms with Gasteiger partial charge in [0.1, 0.15) is 5.82 Å². The third-order valence-electron chi connectivity index (χ3n) is 2.43. The molecule has 0 radical (unpaired) electrons. The van der Waals surface area contributed by atoms with Crippen molar-refractivity contribution in [3.63, 3.8) is 0 Å². The molecule has 0 aliphatic rings. The van der Waals surface area contributed by atoms with Crippen LogP contribution in [0.1, 0.15) is 1.37 Å². The fourth-order valence-electron chi connectivity index (χ4n) is 1.78. The zero-order valence-electron chi connectivity index (χ0n) is 8.34. The third kappa shape index (κ3) is 0.880. The summed E-state index contributed by atoms with van der Waals surface area (Å²) in [5.41, 5.74) is 1.32. The molecule has 2 aromatic carbocycles. The summed E-state index contributed by atoms with van der Waals surface area (Å²) in [7, 11) is 0. The fraction of sp³-hybridized carbons (Fsp3) is 0. The van der Waals surface area contributed by atoms with E-state index in [0.29, 0.717) is 5.52 Å². The Kier molecular flexibility index (Phi) is 1.21. The SMILES string of the molecule is [2H]c1ccc2c([nH]c3ccccc32)c1F. The lowest BCUT2D eigenvalue weighted by Crippen LogP contribution is -1.74. The first kappa shape index (κ1) is 6.60. The number of nitrogens with one attached hydrogen (secondary N) is 1. The maximum atomic E-state index is 13.6. The molecule has 1 nitrogen and oxygen atoms in total. The second-order valence-electron chi connectivity index (χ2n) is 3.25. The summed E-state index contributed by atoms with van der Waals surface area (Å²) >= 11 is 0. The molecule has 2 heteroatoms. The highest BCUT2D eigenvalue weighted by molar-refractivity contribution is 6.07. The van der Waals surface area contributed by atoms with Crippen LogP contribution in [0.25, 0.3) is 21.8 Å². The quantitative estimate of drug-likeness (QED) is 0.553.